The number of aromatic hydroxyl groups is 1. The molecule has 32 heavy (non-hydrogen) atoms. The molecule has 4 aliphatic carbocycles. The minimum absolute atomic E-state index is 0.133. The molecule has 2 saturated carbocycles. The van der Waals surface area contributed by atoms with Gasteiger partial charge in [0, 0.05) is 22.4 Å². The van der Waals surface area contributed by atoms with Gasteiger partial charge in [0.1, 0.15) is 5.75 Å². The number of aliphatic hydroxyl groups excluding tert-OH is 1. The summed E-state index contributed by atoms with van der Waals surface area (Å²) < 4.78 is 0. The highest BCUT2D eigenvalue weighted by atomic mass is 32.1. The molecule has 0 saturated heterocycles. The van der Waals surface area contributed by atoms with Crippen molar-refractivity contribution in [2.45, 2.75) is 76.9 Å². The van der Waals surface area contributed by atoms with Crippen molar-refractivity contribution in [1.29, 1.82) is 0 Å². The number of phenolic OH excluding ortho intramolecular Hbond substituents is 1. The molecule has 170 valence electrons. The molecule has 4 aliphatic rings. The van der Waals surface area contributed by atoms with Crippen molar-refractivity contribution >= 4 is 16.5 Å². The maximum Gasteiger partial charge on any atom is 0.183 e. The standard InChI is InChI=1S/C27H34N2O2S/c1-26-11-9-18(30)13-17(26)7-8-19-20(26)10-12-27(2)21(19)14-23-24(27)29-25(32-23)28-15-16-5-3-4-6-22(16)31/h3-7,18-21,30-31H,8-15H2,1-2H3,(H,28,29)/t18-,19+,20-,21-,26-,27-/m0/s1. The lowest BCUT2D eigenvalue weighted by Gasteiger charge is -2.57. The van der Waals surface area contributed by atoms with Gasteiger partial charge in [-0.05, 0) is 74.2 Å². The Labute approximate surface area is 194 Å². The number of phenols is 1. The highest BCUT2D eigenvalue weighted by Crippen LogP contribution is 2.64. The van der Waals surface area contributed by atoms with Crippen molar-refractivity contribution in [3.8, 4) is 5.75 Å². The number of fused-ring (bicyclic) bond motifs is 7. The minimum atomic E-state index is -0.133. The number of nitrogens with zero attached hydrogens (tertiary/aromatic N) is 1. The number of benzene rings is 1. The Morgan fingerprint density at radius 1 is 1.09 bits per heavy atom. The van der Waals surface area contributed by atoms with E-state index in [1.165, 1.54) is 29.8 Å². The van der Waals surface area contributed by atoms with Crippen LogP contribution in [0.1, 0.15) is 68.5 Å². The number of para-hydroxylation sites is 1. The molecule has 6 rings (SSSR count). The molecule has 0 bridgehead atoms. The van der Waals surface area contributed by atoms with Gasteiger partial charge >= 0.3 is 0 Å². The third kappa shape index (κ3) is 3.00. The Balaban J connectivity index is 1.23. The second-order valence-corrected chi connectivity index (χ2v) is 12.2. The summed E-state index contributed by atoms with van der Waals surface area (Å²) in [4.78, 5) is 6.58. The third-order valence-electron chi connectivity index (χ3n) is 9.53. The molecule has 1 aromatic heterocycles. The van der Waals surface area contributed by atoms with Crippen LogP contribution in [-0.2, 0) is 18.4 Å². The summed E-state index contributed by atoms with van der Waals surface area (Å²) in [6.07, 6.45) is 10.2. The summed E-state index contributed by atoms with van der Waals surface area (Å²) in [5.41, 5.74) is 4.25. The lowest BCUT2D eigenvalue weighted by Crippen LogP contribution is -2.51. The molecule has 0 amide bonds. The number of hydrogen-bond acceptors (Lipinski definition) is 5. The van der Waals surface area contributed by atoms with Crippen LogP contribution in [0, 0.1) is 23.2 Å². The first-order chi connectivity index (χ1) is 15.4. The van der Waals surface area contributed by atoms with Crippen LogP contribution in [0.4, 0.5) is 5.13 Å². The van der Waals surface area contributed by atoms with Gasteiger partial charge in [-0.2, -0.15) is 0 Å². The molecular formula is C27H34N2O2S. The number of thiazole rings is 1. The van der Waals surface area contributed by atoms with Crippen LogP contribution in [0.2, 0.25) is 0 Å². The molecule has 1 aromatic carbocycles. The third-order valence-corrected chi connectivity index (χ3v) is 10.6. The minimum Gasteiger partial charge on any atom is -0.508 e. The Morgan fingerprint density at radius 2 is 1.91 bits per heavy atom. The Morgan fingerprint density at radius 3 is 2.75 bits per heavy atom. The number of aliphatic hydroxyl groups is 1. The van der Waals surface area contributed by atoms with E-state index in [1.807, 2.05) is 29.5 Å². The highest BCUT2D eigenvalue weighted by Gasteiger charge is 2.58. The van der Waals surface area contributed by atoms with Gasteiger partial charge in [-0.1, -0.05) is 43.7 Å². The van der Waals surface area contributed by atoms with Gasteiger partial charge in [0.15, 0.2) is 5.13 Å². The zero-order valence-corrected chi connectivity index (χ0v) is 19.9. The normalized spacial score (nSPS) is 37.7. The van der Waals surface area contributed by atoms with Crippen molar-refractivity contribution in [2.75, 3.05) is 5.32 Å². The quantitative estimate of drug-likeness (QED) is 0.517. The van der Waals surface area contributed by atoms with Crippen LogP contribution in [-0.4, -0.2) is 21.3 Å². The highest BCUT2D eigenvalue weighted by molar-refractivity contribution is 7.15. The van der Waals surface area contributed by atoms with E-state index in [0.717, 1.165) is 48.2 Å². The van der Waals surface area contributed by atoms with E-state index in [2.05, 4.69) is 25.2 Å². The molecule has 3 N–H and O–H groups in total. The molecule has 1 heterocycles. The number of hydrogen-bond donors (Lipinski definition) is 3. The van der Waals surface area contributed by atoms with Crippen molar-refractivity contribution in [3.63, 3.8) is 0 Å². The van der Waals surface area contributed by atoms with Crippen molar-refractivity contribution in [1.82, 2.24) is 4.98 Å². The van der Waals surface area contributed by atoms with Crippen LogP contribution in [0.25, 0.3) is 0 Å². The fraction of sp³-hybridized carbons (Fsp3) is 0.593. The van der Waals surface area contributed by atoms with E-state index in [0.29, 0.717) is 18.2 Å². The number of rotatable bonds is 3. The van der Waals surface area contributed by atoms with E-state index in [4.69, 9.17) is 4.98 Å². The first-order valence-electron chi connectivity index (χ1n) is 12.3. The summed E-state index contributed by atoms with van der Waals surface area (Å²) in [7, 11) is 0. The van der Waals surface area contributed by atoms with Crippen LogP contribution < -0.4 is 5.32 Å². The maximum atomic E-state index is 10.2. The molecule has 0 unspecified atom stereocenters. The fourth-order valence-electron chi connectivity index (χ4n) is 7.68. The number of anilines is 1. The van der Waals surface area contributed by atoms with Crippen molar-refractivity contribution in [2.24, 2.45) is 23.2 Å². The lowest BCUT2D eigenvalue weighted by atomic mass is 9.48. The summed E-state index contributed by atoms with van der Waals surface area (Å²) >= 11 is 1.82. The van der Waals surface area contributed by atoms with Gasteiger partial charge in [0.25, 0.3) is 0 Å². The van der Waals surface area contributed by atoms with Gasteiger partial charge in [-0.25, -0.2) is 4.98 Å². The zero-order valence-electron chi connectivity index (χ0n) is 19.1. The number of allylic oxidation sites excluding steroid dienone is 1. The molecule has 0 aliphatic heterocycles. The fourth-order valence-corrected chi connectivity index (χ4v) is 8.83. The second-order valence-electron chi connectivity index (χ2n) is 11.1. The lowest BCUT2D eigenvalue weighted by molar-refractivity contribution is -0.0169. The first kappa shape index (κ1) is 20.7. The topological polar surface area (TPSA) is 65.4 Å². The summed E-state index contributed by atoms with van der Waals surface area (Å²) in [6.45, 7) is 5.56. The van der Waals surface area contributed by atoms with Crippen LogP contribution >= 0.6 is 11.3 Å². The van der Waals surface area contributed by atoms with E-state index >= 15 is 0 Å². The van der Waals surface area contributed by atoms with Crippen molar-refractivity contribution in [3.05, 3.63) is 52.0 Å². The maximum absolute atomic E-state index is 10.2. The Hall–Kier alpha value is -1.85. The number of aromatic nitrogens is 1. The summed E-state index contributed by atoms with van der Waals surface area (Å²) in [5.74, 6) is 2.50. The average Bonchev–Trinajstić information content (AvgIpc) is 3.30. The van der Waals surface area contributed by atoms with Crippen LogP contribution in [0.5, 0.6) is 5.75 Å². The molecule has 6 atom stereocenters. The Kier molecular flexibility index (Phi) is 4.75. The van der Waals surface area contributed by atoms with Crippen LogP contribution in [0.15, 0.2) is 35.9 Å². The molecule has 2 aromatic rings. The molecule has 4 nitrogen and oxygen atoms in total. The average molecular weight is 451 g/mol. The predicted octanol–water partition coefficient (Wildman–Crippen LogP) is 5.80. The molecule has 0 spiro atoms. The molecule has 0 radical (unpaired) electrons. The summed E-state index contributed by atoms with van der Waals surface area (Å²) in [5, 5.41) is 24.7. The number of nitrogens with one attached hydrogen (secondary N) is 1. The SMILES string of the molecule is C[C@]12CC[C@H](O)CC1=CC[C@@H]1[C@@H]2CC[C@]2(C)c3nc(NCc4ccccc4O)sc3C[C@@H]12. The van der Waals surface area contributed by atoms with Gasteiger partial charge in [0.2, 0.25) is 0 Å². The van der Waals surface area contributed by atoms with Gasteiger partial charge in [-0.15, -0.1) is 11.3 Å². The second kappa shape index (κ2) is 7.33. The monoisotopic (exact) mass is 450 g/mol. The van der Waals surface area contributed by atoms with Gasteiger partial charge < -0.3 is 15.5 Å². The summed E-state index contributed by atoms with van der Waals surface area (Å²) in [6, 6.07) is 7.51. The first-order valence-corrected chi connectivity index (χ1v) is 13.1. The van der Waals surface area contributed by atoms with E-state index in [1.54, 1.807) is 11.6 Å². The Bertz CT molecular complexity index is 1080. The molecular weight excluding hydrogens is 416 g/mol. The van der Waals surface area contributed by atoms with E-state index < -0.39 is 0 Å². The zero-order chi connectivity index (χ0) is 22.1. The van der Waals surface area contributed by atoms with Gasteiger partial charge in [-0.3, -0.25) is 0 Å². The molecule has 5 heteroatoms. The van der Waals surface area contributed by atoms with E-state index in [9.17, 15) is 10.2 Å². The predicted molar refractivity (Wildman–Crippen MR) is 129 cm³/mol. The molecule has 2 fully saturated rings. The largest absolute Gasteiger partial charge is 0.508 e. The van der Waals surface area contributed by atoms with Gasteiger partial charge in [0.05, 0.1) is 11.8 Å². The van der Waals surface area contributed by atoms with Crippen molar-refractivity contribution < 1.29 is 10.2 Å². The smallest absolute Gasteiger partial charge is 0.183 e. The van der Waals surface area contributed by atoms with E-state index in [-0.39, 0.29) is 16.9 Å². The van der Waals surface area contributed by atoms with Crippen LogP contribution in [0.3, 0.4) is 0 Å².